The van der Waals surface area contributed by atoms with Crippen LogP contribution in [0.25, 0.3) is 0 Å². The number of anilines is 1. The molecule has 1 amide bonds. The molecule has 0 aliphatic heterocycles. The van der Waals surface area contributed by atoms with Gasteiger partial charge in [0.05, 0.1) is 19.4 Å². The number of nitrogens with zero attached hydrogens (tertiary/aromatic N) is 3. The highest BCUT2D eigenvalue weighted by molar-refractivity contribution is 7.53. The van der Waals surface area contributed by atoms with Crippen LogP contribution < -0.4 is 11.5 Å². The highest BCUT2D eigenvalue weighted by atomic mass is 31.2. The molecule has 0 saturated carbocycles. The molecule has 0 atom stereocenters. The summed E-state index contributed by atoms with van der Waals surface area (Å²) in [6.07, 6.45) is 1.65. The van der Waals surface area contributed by atoms with Crippen molar-refractivity contribution in [3.8, 4) is 0 Å². The number of unbranched alkanes of at least 4 members (excludes halogenated alkanes) is 1. The van der Waals surface area contributed by atoms with Gasteiger partial charge in [0, 0.05) is 6.61 Å². The van der Waals surface area contributed by atoms with E-state index in [1.807, 2.05) is 0 Å². The lowest BCUT2D eigenvalue weighted by atomic mass is 10.4. The van der Waals surface area contributed by atoms with Gasteiger partial charge in [-0.25, -0.2) is 4.68 Å². The lowest BCUT2D eigenvalue weighted by Crippen LogP contribution is -2.15. The van der Waals surface area contributed by atoms with Crippen molar-refractivity contribution in [3.05, 3.63) is 5.69 Å². The first kappa shape index (κ1) is 19.6. The zero-order chi connectivity index (χ0) is 17.3. The Kier molecular flexibility index (Phi) is 8.18. The number of rotatable bonds is 12. The van der Waals surface area contributed by atoms with Crippen molar-refractivity contribution in [1.29, 1.82) is 0 Å². The fourth-order valence-electron chi connectivity index (χ4n) is 1.81. The van der Waals surface area contributed by atoms with Crippen LogP contribution in [0.15, 0.2) is 0 Å². The Morgan fingerprint density at radius 3 is 2.43 bits per heavy atom. The van der Waals surface area contributed by atoms with E-state index < -0.39 is 13.5 Å². The van der Waals surface area contributed by atoms with Crippen molar-refractivity contribution in [2.75, 3.05) is 31.7 Å². The number of amides is 1. The fraction of sp³-hybridized carbons (Fsp3) is 0.750. The Bertz CT molecular complexity index is 540. The maximum Gasteiger partial charge on any atom is 0.330 e. The van der Waals surface area contributed by atoms with Gasteiger partial charge in [0.2, 0.25) is 0 Å². The number of hydrogen-bond acceptors (Lipinski definition) is 8. The number of ether oxygens (including phenoxy) is 1. The minimum absolute atomic E-state index is 0.0562. The molecule has 23 heavy (non-hydrogen) atoms. The average Bonchev–Trinajstić information content (AvgIpc) is 2.84. The normalized spacial score (nSPS) is 11.7. The third kappa shape index (κ3) is 6.26. The summed E-state index contributed by atoms with van der Waals surface area (Å²) in [5, 5.41) is 7.24. The molecule has 0 bridgehead atoms. The number of nitrogen functional groups attached to an aromatic ring is 1. The summed E-state index contributed by atoms with van der Waals surface area (Å²) in [4.78, 5) is 11.0. The summed E-state index contributed by atoms with van der Waals surface area (Å²) in [7, 11) is -3.00. The molecule has 0 aromatic carbocycles. The molecule has 10 nitrogen and oxygen atoms in total. The van der Waals surface area contributed by atoms with Crippen molar-refractivity contribution in [3.63, 3.8) is 0 Å². The van der Waals surface area contributed by atoms with Crippen LogP contribution in [-0.2, 0) is 25.1 Å². The van der Waals surface area contributed by atoms with Gasteiger partial charge in [-0.05, 0) is 26.7 Å². The van der Waals surface area contributed by atoms with Crippen molar-refractivity contribution >= 4 is 19.3 Å². The Morgan fingerprint density at radius 2 is 1.91 bits per heavy atom. The first-order valence-corrected chi connectivity index (χ1v) is 9.11. The van der Waals surface area contributed by atoms with Crippen molar-refractivity contribution in [2.24, 2.45) is 5.73 Å². The van der Waals surface area contributed by atoms with E-state index in [0.717, 1.165) is 0 Å². The average molecular weight is 349 g/mol. The molecule has 0 aliphatic carbocycles. The summed E-state index contributed by atoms with van der Waals surface area (Å²) >= 11 is 0. The number of carbonyl (C=O) groups excluding carboxylic acids is 1. The number of nitrogens with two attached hydrogens (primary N) is 2. The van der Waals surface area contributed by atoms with Gasteiger partial charge in [-0.3, -0.25) is 9.36 Å². The van der Waals surface area contributed by atoms with Crippen LogP contribution in [0.1, 0.15) is 37.2 Å². The van der Waals surface area contributed by atoms with Crippen molar-refractivity contribution < 1.29 is 23.1 Å². The molecular formula is C12H24N5O5P. The van der Waals surface area contributed by atoms with E-state index >= 15 is 0 Å². The van der Waals surface area contributed by atoms with Crippen LogP contribution in [0, 0.1) is 0 Å². The molecular weight excluding hydrogens is 325 g/mol. The van der Waals surface area contributed by atoms with Gasteiger partial charge >= 0.3 is 7.60 Å². The second kappa shape index (κ2) is 9.61. The fourth-order valence-corrected chi connectivity index (χ4v) is 3.54. The summed E-state index contributed by atoms with van der Waals surface area (Å²) in [5.74, 6) is -0.675. The molecule has 4 N–H and O–H groups in total. The van der Waals surface area contributed by atoms with E-state index in [4.69, 9.17) is 25.3 Å². The second-order valence-electron chi connectivity index (χ2n) is 4.60. The van der Waals surface area contributed by atoms with Gasteiger partial charge in [-0.2, -0.15) is 0 Å². The van der Waals surface area contributed by atoms with E-state index in [0.29, 0.717) is 38.8 Å². The Labute approximate surface area is 135 Å². The van der Waals surface area contributed by atoms with Gasteiger partial charge in [0.25, 0.3) is 5.91 Å². The monoisotopic (exact) mass is 349 g/mol. The molecule has 0 fully saturated rings. The number of carbonyl (C=O) groups is 1. The third-order valence-corrected chi connectivity index (χ3v) is 5.01. The van der Waals surface area contributed by atoms with Gasteiger partial charge < -0.3 is 25.3 Å². The zero-order valence-corrected chi connectivity index (χ0v) is 14.3. The van der Waals surface area contributed by atoms with Gasteiger partial charge in [-0.1, -0.05) is 5.21 Å². The molecule has 1 aromatic rings. The minimum atomic E-state index is -3.00. The smallest absolute Gasteiger partial charge is 0.330 e. The number of hydrogen-bond donors (Lipinski definition) is 2. The molecule has 0 aliphatic rings. The lowest BCUT2D eigenvalue weighted by Gasteiger charge is -2.16. The minimum Gasteiger partial charge on any atom is -0.382 e. The molecule has 1 heterocycles. The summed E-state index contributed by atoms with van der Waals surface area (Å²) in [5.41, 5.74) is 10.7. The summed E-state index contributed by atoms with van der Waals surface area (Å²) in [6.45, 7) is 4.71. The lowest BCUT2D eigenvalue weighted by molar-refractivity contribution is 0.0669. The third-order valence-electron chi connectivity index (χ3n) is 2.84. The topological polar surface area (TPSA) is 145 Å². The van der Waals surface area contributed by atoms with Gasteiger partial charge in [0.1, 0.15) is 6.73 Å². The summed E-state index contributed by atoms with van der Waals surface area (Å²) in [6, 6.07) is 0. The maximum absolute atomic E-state index is 12.2. The van der Waals surface area contributed by atoms with Crippen LogP contribution in [0.3, 0.4) is 0 Å². The number of aromatic nitrogens is 3. The van der Waals surface area contributed by atoms with E-state index in [1.54, 1.807) is 13.8 Å². The van der Waals surface area contributed by atoms with Crippen molar-refractivity contribution in [2.45, 2.75) is 33.4 Å². The molecule has 0 radical (unpaired) electrons. The Morgan fingerprint density at radius 1 is 1.26 bits per heavy atom. The standard InChI is InChI=1S/C12H24N5O5P/c1-3-21-23(19,22-4-2)8-6-5-7-20-9-17-11(13)10(12(14)18)15-16-17/h3-9,13H2,1-2H3,(H2,14,18). The van der Waals surface area contributed by atoms with E-state index in [1.165, 1.54) is 4.68 Å². The first-order valence-electron chi connectivity index (χ1n) is 7.38. The molecule has 0 spiro atoms. The number of primary amides is 1. The Balaban J connectivity index is 2.28. The maximum atomic E-state index is 12.2. The molecule has 1 rings (SSSR count). The van der Waals surface area contributed by atoms with Crippen LogP contribution >= 0.6 is 7.60 Å². The second-order valence-corrected chi connectivity index (χ2v) is 6.79. The predicted octanol–water partition coefficient (Wildman–Crippen LogP) is 0.980. The first-order chi connectivity index (χ1) is 10.9. The molecule has 1 aromatic heterocycles. The van der Waals surface area contributed by atoms with Crippen molar-refractivity contribution in [1.82, 2.24) is 15.0 Å². The predicted molar refractivity (Wildman–Crippen MR) is 83.9 cm³/mol. The molecule has 132 valence electrons. The summed E-state index contributed by atoms with van der Waals surface area (Å²) < 4.78 is 29.2. The van der Waals surface area contributed by atoms with Crippen LogP contribution in [0.4, 0.5) is 5.82 Å². The van der Waals surface area contributed by atoms with E-state index in [2.05, 4.69) is 10.3 Å². The van der Waals surface area contributed by atoms with Crippen LogP contribution in [0.2, 0.25) is 0 Å². The van der Waals surface area contributed by atoms with E-state index in [9.17, 15) is 9.36 Å². The highest BCUT2D eigenvalue weighted by Crippen LogP contribution is 2.48. The van der Waals surface area contributed by atoms with Gasteiger partial charge in [-0.15, -0.1) is 5.10 Å². The Hall–Kier alpha value is -1.48. The quantitative estimate of drug-likeness (QED) is 0.419. The zero-order valence-electron chi connectivity index (χ0n) is 13.4. The van der Waals surface area contributed by atoms with E-state index in [-0.39, 0.29) is 18.2 Å². The molecule has 11 heteroatoms. The highest BCUT2D eigenvalue weighted by Gasteiger charge is 2.22. The SMILES string of the molecule is CCOP(=O)(CCCCOCn1nnc(C(N)=O)c1N)OCC. The van der Waals surface area contributed by atoms with Gasteiger partial charge in [0.15, 0.2) is 11.5 Å². The van der Waals surface area contributed by atoms with Crippen LogP contribution in [-0.4, -0.2) is 46.9 Å². The molecule has 0 saturated heterocycles. The largest absolute Gasteiger partial charge is 0.382 e. The molecule has 0 unspecified atom stereocenters. The van der Waals surface area contributed by atoms with Crippen LogP contribution in [0.5, 0.6) is 0 Å².